The van der Waals surface area contributed by atoms with E-state index < -0.39 is 24.6 Å². The molecule has 0 radical (unpaired) electrons. The molecule has 5 atom stereocenters. The van der Waals surface area contributed by atoms with Crippen LogP contribution in [0.2, 0.25) is 0 Å². The molecule has 2 aliphatic rings. The van der Waals surface area contributed by atoms with Crippen LogP contribution in [-0.2, 0) is 14.3 Å². The average Bonchev–Trinajstić information content (AvgIpc) is 3.24. The predicted molar refractivity (Wildman–Crippen MR) is 110 cm³/mol. The zero-order valence-corrected chi connectivity index (χ0v) is 17.7. The highest BCUT2D eigenvalue weighted by Crippen LogP contribution is 2.30. The molecule has 2 rings (SSSR count). The number of aliphatic hydroxyl groups excluding tert-OH is 3. The number of ether oxygens (including phenoxy) is 2. The van der Waals surface area contributed by atoms with Crippen molar-refractivity contribution < 1.29 is 29.6 Å². The second-order valence-electron chi connectivity index (χ2n) is 7.60. The van der Waals surface area contributed by atoms with Gasteiger partial charge < -0.3 is 29.7 Å². The summed E-state index contributed by atoms with van der Waals surface area (Å²) in [6.45, 7) is 9.96. The van der Waals surface area contributed by atoms with Crippen LogP contribution in [-0.4, -0.2) is 69.8 Å². The molecule has 29 heavy (non-hydrogen) atoms. The number of nitrogens with zero attached hydrogens (tertiary/aromatic N) is 1. The summed E-state index contributed by atoms with van der Waals surface area (Å²) in [5.74, 6) is -0.304. The Bertz CT molecular complexity index is 643. The molecule has 0 aromatic heterocycles. The van der Waals surface area contributed by atoms with Crippen LogP contribution >= 0.6 is 0 Å². The number of Topliss-reactive ketones (excluding diaryl/α,β-unsaturated/α-hetero) is 1. The number of carbonyl (C=O) groups is 1. The topological polar surface area (TPSA) is 99.5 Å². The molecule has 1 saturated heterocycles. The fourth-order valence-corrected chi connectivity index (χ4v) is 3.91. The first-order valence-corrected chi connectivity index (χ1v) is 10.5. The lowest BCUT2D eigenvalue weighted by molar-refractivity contribution is -0.245. The number of rotatable bonds is 10. The van der Waals surface area contributed by atoms with Crippen LogP contribution in [0.4, 0.5) is 0 Å². The molecule has 0 aromatic carbocycles. The Morgan fingerprint density at radius 3 is 2.66 bits per heavy atom. The highest BCUT2D eigenvalue weighted by atomic mass is 16.7. The van der Waals surface area contributed by atoms with Gasteiger partial charge in [0.25, 0.3) is 0 Å². The van der Waals surface area contributed by atoms with Crippen LogP contribution in [0.5, 0.6) is 0 Å². The zero-order chi connectivity index (χ0) is 21.6. The van der Waals surface area contributed by atoms with Crippen molar-refractivity contribution in [3.05, 3.63) is 35.8 Å². The van der Waals surface area contributed by atoms with E-state index in [0.717, 1.165) is 13.0 Å². The highest BCUT2D eigenvalue weighted by molar-refractivity contribution is 5.96. The van der Waals surface area contributed by atoms with Gasteiger partial charge in [-0.2, -0.15) is 0 Å². The monoisotopic (exact) mass is 409 g/mol. The Kier molecular flexibility index (Phi) is 8.89. The van der Waals surface area contributed by atoms with Gasteiger partial charge in [-0.05, 0) is 26.0 Å². The normalized spacial score (nSPS) is 28.9. The smallest absolute Gasteiger partial charge is 0.162 e. The minimum atomic E-state index is -0.701. The second-order valence-corrected chi connectivity index (χ2v) is 7.60. The van der Waals surface area contributed by atoms with Gasteiger partial charge in [-0.1, -0.05) is 26.5 Å². The fourth-order valence-electron chi connectivity index (χ4n) is 3.91. The van der Waals surface area contributed by atoms with Crippen molar-refractivity contribution in [3.8, 4) is 0 Å². The van der Waals surface area contributed by atoms with E-state index in [9.17, 15) is 20.1 Å². The number of carbonyl (C=O) groups excluding carboxylic acids is 1. The molecule has 1 fully saturated rings. The molecule has 0 bridgehead atoms. The second kappa shape index (κ2) is 10.9. The van der Waals surface area contributed by atoms with Crippen molar-refractivity contribution in [2.45, 2.75) is 83.5 Å². The number of ketones is 1. The molecule has 0 aliphatic carbocycles. The minimum Gasteiger partial charge on any atom is -0.507 e. The van der Waals surface area contributed by atoms with E-state index in [2.05, 4.69) is 17.6 Å². The van der Waals surface area contributed by atoms with Gasteiger partial charge in [0.1, 0.15) is 11.9 Å². The summed E-state index contributed by atoms with van der Waals surface area (Å²) in [6.07, 6.45) is 3.95. The third kappa shape index (κ3) is 5.69. The molecular formula is C22H35NO6. The Balaban J connectivity index is 2.16. The zero-order valence-electron chi connectivity index (χ0n) is 17.7. The van der Waals surface area contributed by atoms with E-state index in [0.29, 0.717) is 18.4 Å². The number of aliphatic hydroxyl groups is 3. The molecule has 164 valence electrons. The molecule has 0 spiro atoms. The lowest BCUT2D eigenvalue weighted by Gasteiger charge is -2.43. The van der Waals surface area contributed by atoms with Crippen molar-refractivity contribution in [1.29, 1.82) is 0 Å². The average molecular weight is 410 g/mol. The van der Waals surface area contributed by atoms with E-state index in [4.69, 9.17) is 9.47 Å². The van der Waals surface area contributed by atoms with Gasteiger partial charge in [0.05, 0.1) is 18.2 Å². The first kappa shape index (κ1) is 23.6. The minimum absolute atomic E-state index is 0.137. The molecule has 2 aliphatic heterocycles. The van der Waals surface area contributed by atoms with Gasteiger partial charge in [0.2, 0.25) is 0 Å². The van der Waals surface area contributed by atoms with Gasteiger partial charge in [0.15, 0.2) is 12.1 Å². The van der Waals surface area contributed by atoms with Crippen LogP contribution in [0.1, 0.15) is 52.9 Å². The van der Waals surface area contributed by atoms with Gasteiger partial charge >= 0.3 is 0 Å². The third-order valence-electron chi connectivity index (χ3n) is 5.65. The van der Waals surface area contributed by atoms with Crippen molar-refractivity contribution in [2.75, 3.05) is 13.2 Å². The van der Waals surface area contributed by atoms with E-state index in [-0.39, 0.29) is 42.6 Å². The van der Waals surface area contributed by atoms with Crippen LogP contribution in [0.3, 0.4) is 0 Å². The summed E-state index contributed by atoms with van der Waals surface area (Å²) in [6, 6.07) is -0.137. The summed E-state index contributed by atoms with van der Waals surface area (Å²) in [4.78, 5) is 14.2. The lowest BCUT2D eigenvalue weighted by Crippen LogP contribution is -2.54. The summed E-state index contributed by atoms with van der Waals surface area (Å²) < 4.78 is 11.9. The molecule has 0 saturated carbocycles. The summed E-state index contributed by atoms with van der Waals surface area (Å²) >= 11 is 0. The number of hydrogen-bond acceptors (Lipinski definition) is 7. The number of hydrogen-bond donors (Lipinski definition) is 3. The van der Waals surface area contributed by atoms with Crippen molar-refractivity contribution in [1.82, 2.24) is 4.90 Å². The van der Waals surface area contributed by atoms with E-state index >= 15 is 0 Å². The van der Waals surface area contributed by atoms with Gasteiger partial charge in [0, 0.05) is 43.6 Å². The van der Waals surface area contributed by atoms with Crippen LogP contribution in [0.25, 0.3) is 0 Å². The molecule has 0 amide bonds. The molecule has 7 heteroatoms. The van der Waals surface area contributed by atoms with Crippen LogP contribution < -0.4 is 0 Å². The molecule has 7 nitrogen and oxygen atoms in total. The van der Waals surface area contributed by atoms with Crippen molar-refractivity contribution in [2.24, 2.45) is 0 Å². The SMILES string of the molecule is C=C(/C(O)=C(\CC)C(=O)CC)C(CCO)OC1CC(N2C=CCC2)C(O)C(C)O1. The largest absolute Gasteiger partial charge is 0.507 e. The Labute approximate surface area is 173 Å². The van der Waals surface area contributed by atoms with Gasteiger partial charge in [-0.25, -0.2) is 0 Å². The third-order valence-corrected chi connectivity index (χ3v) is 5.65. The van der Waals surface area contributed by atoms with Crippen molar-refractivity contribution in [3.63, 3.8) is 0 Å². The van der Waals surface area contributed by atoms with Gasteiger partial charge in [-0.15, -0.1) is 0 Å². The highest BCUT2D eigenvalue weighted by Gasteiger charge is 2.40. The number of allylic oxidation sites excluding steroid dienone is 1. The maximum absolute atomic E-state index is 12.1. The maximum Gasteiger partial charge on any atom is 0.162 e. The predicted octanol–water partition coefficient (Wildman–Crippen LogP) is 2.60. The van der Waals surface area contributed by atoms with E-state index in [1.54, 1.807) is 20.8 Å². The summed E-state index contributed by atoms with van der Waals surface area (Å²) in [7, 11) is 0. The van der Waals surface area contributed by atoms with E-state index in [1.165, 1.54) is 0 Å². The first-order valence-electron chi connectivity index (χ1n) is 10.5. The van der Waals surface area contributed by atoms with Gasteiger partial charge in [-0.3, -0.25) is 4.79 Å². The maximum atomic E-state index is 12.1. The molecular weight excluding hydrogens is 374 g/mol. The Hall–Kier alpha value is -1.67. The molecule has 0 aromatic rings. The first-order chi connectivity index (χ1) is 13.8. The molecule has 2 heterocycles. The standard InChI is InChI=1S/C22H35NO6/c1-5-16(18(25)6-2)21(26)14(3)19(9-12-24)29-20-13-17(22(27)15(4)28-20)23-10-7-8-11-23/h7,10,15,17,19-20,22,24,26-27H,3,5-6,8-9,11-13H2,1-2,4H3/b21-16-. The van der Waals surface area contributed by atoms with Crippen LogP contribution in [0, 0.1) is 0 Å². The Morgan fingerprint density at radius 2 is 2.10 bits per heavy atom. The van der Waals surface area contributed by atoms with Crippen molar-refractivity contribution >= 4 is 5.78 Å². The fraction of sp³-hybridized carbons (Fsp3) is 0.682. The quantitative estimate of drug-likeness (QED) is 0.290. The summed E-state index contributed by atoms with van der Waals surface area (Å²) in [5.41, 5.74) is 0.579. The lowest BCUT2D eigenvalue weighted by atomic mass is 9.96. The van der Waals surface area contributed by atoms with Crippen LogP contribution in [0.15, 0.2) is 35.8 Å². The molecule has 3 N–H and O–H groups in total. The summed E-state index contributed by atoms with van der Waals surface area (Å²) in [5, 5.41) is 30.7. The van der Waals surface area contributed by atoms with E-state index in [1.807, 2.05) is 6.20 Å². The molecule has 5 unspecified atom stereocenters. The Morgan fingerprint density at radius 1 is 1.38 bits per heavy atom.